The van der Waals surface area contributed by atoms with Gasteiger partial charge in [-0.15, -0.1) is 0 Å². The van der Waals surface area contributed by atoms with Crippen LogP contribution < -0.4 is 36.3 Å². The van der Waals surface area contributed by atoms with Crippen molar-refractivity contribution in [1.82, 2.24) is 9.80 Å². The Morgan fingerprint density at radius 2 is 0.596 bits per heavy atom. The number of hydrogen-bond acceptors (Lipinski definition) is 10. The molecule has 0 spiro atoms. The second-order valence-corrected chi connectivity index (χ2v) is 13.6. The Hall–Kier alpha value is -5.15. The second-order valence-electron chi connectivity index (χ2n) is 11.1. The summed E-state index contributed by atoms with van der Waals surface area (Å²) in [5.74, 6) is -6.12. The summed E-state index contributed by atoms with van der Waals surface area (Å²) in [5, 5.41) is 45.9. The number of aliphatic carboxylic acids is 4. The van der Waals surface area contributed by atoms with Crippen molar-refractivity contribution < 1.29 is 56.7 Å². The van der Waals surface area contributed by atoms with Gasteiger partial charge in [0.2, 0.25) is 0 Å². The molecule has 12 heteroatoms. The van der Waals surface area contributed by atoms with Gasteiger partial charge in [-0.3, -0.25) is 9.80 Å². The molecule has 0 unspecified atom stereocenters. The van der Waals surface area contributed by atoms with E-state index in [0.717, 1.165) is 9.80 Å². The van der Waals surface area contributed by atoms with Gasteiger partial charge >= 0.3 is 17.1 Å². The van der Waals surface area contributed by atoms with Crippen molar-refractivity contribution in [3.8, 4) is 11.1 Å². The molecule has 1 radical (unpaired) electrons. The number of carboxylic acid groups (broad SMARTS) is 4. The third-order valence-corrected chi connectivity index (χ3v) is 9.94. The van der Waals surface area contributed by atoms with Crippen molar-refractivity contribution in [3.63, 3.8) is 0 Å². The summed E-state index contributed by atoms with van der Waals surface area (Å²) < 4.78 is 0. The van der Waals surface area contributed by atoms with Gasteiger partial charge in [0.25, 0.3) is 0 Å². The van der Waals surface area contributed by atoms with Gasteiger partial charge < -0.3 is 39.6 Å². The maximum absolute atomic E-state index is 10.4. The van der Waals surface area contributed by atoms with Crippen LogP contribution >= 0.6 is 7.92 Å². The Morgan fingerprint density at radius 3 is 0.808 bits per heavy atom. The second kappa shape index (κ2) is 24.1. The number of benzene rings is 5. The number of hydrogen-bond donors (Lipinski definition) is 0. The van der Waals surface area contributed by atoms with Crippen molar-refractivity contribution in [3.05, 3.63) is 152 Å². The predicted octanol–water partition coefficient (Wildman–Crippen LogP) is -0.882. The van der Waals surface area contributed by atoms with E-state index in [2.05, 4.69) is 140 Å². The van der Waals surface area contributed by atoms with Crippen molar-refractivity contribution >= 4 is 47.7 Å². The maximum Gasteiger partial charge on any atom is 3.00 e. The molecule has 269 valence electrons. The molecule has 5 aromatic carbocycles. The van der Waals surface area contributed by atoms with Crippen molar-refractivity contribution in [2.45, 2.75) is 0 Å². The monoisotopic (exact) mass is 761 g/mol. The smallest absolute Gasteiger partial charge is 0.549 e. The average molecular weight is 762 g/mol. The van der Waals surface area contributed by atoms with Gasteiger partial charge in [-0.05, 0) is 47.5 Å². The van der Waals surface area contributed by atoms with E-state index in [-0.39, 0.29) is 30.2 Å². The van der Waals surface area contributed by atoms with Crippen molar-refractivity contribution in [2.24, 2.45) is 0 Å². The van der Waals surface area contributed by atoms with E-state index in [0.29, 0.717) is 0 Å². The first-order valence-corrected chi connectivity index (χ1v) is 17.5. The Kier molecular flexibility index (Phi) is 19.9. The Morgan fingerprint density at radius 1 is 0.385 bits per heavy atom. The molecule has 52 heavy (non-hydrogen) atoms. The molecule has 0 bridgehead atoms. The molecule has 0 N–H and O–H groups in total. The summed E-state index contributed by atoms with van der Waals surface area (Å²) in [5.41, 5.74) is 2.55. The summed E-state index contributed by atoms with van der Waals surface area (Å²) >= 11 is 0. The van der Waals surface area contributed by atoms with Crippen LogP contribution in [0.3, 0.4) is 0 Å². The molecule has 0 aromatic heterocycles. The predicted molar refractivity (Wildman–Crippen MR) is 191 cm³/mol. The Bertz CT molecular complexity index is 1570. The first kappa shape index (κ1) is 43.0. The summed E-state index contributed by atoms with van der Waals surface area (Å²) in [4.78, 5) is 43.4. The van der Waals surface area contributed by atoms with Gasteiger partial charge in [0.1, 0.15) is 15.9 Å². The molecule has 0 fully saturated rings. The Labute approximate surface area is 315 Å². The SMILES string of the molecule is O=C([O-])CN(CCN(CC(=O)[O-])CC(=O)[O-])CC(=O)[O-].[Fe+3].c1ccc(-c2ccccc2)cc1.c1ccc([PH+](c2ccccc2)c2ccccc2)cc1. The first-order valence-electron chi connectivity index (χ1n) is 16.0. The molecular weight excluding hydrogens is 723 g/mol. The summed E-state index contributed by atoms with van der Waals surface area (Å²) in [6.07, 6.45) is 0. The van der Waals surface area contributed by atoms with Crippen LogP contribution in [-0.2, 0) is 36.2 Å². The van der Waals surface area contributed by atoms with E-state index < -0.39 is 58.0 Å². The minimum atomic E-state index is -1.53. The van der Waals surface area contributed by atoms with Crippen LogP contribution in [0.1, 0.15) is 0 Å². The third-order valence-electron chi connectivity index (χ3n) is 7.21. The molecule has 0 saturated carbocycles. The topological polar surface area (TPSA) is 167 Å². The number of carboxylic acids is 4. The van der Waals surface area contributed by atoms with Crippen LogP contribution in [0.15, 0.2) is 152 Å². The van der Waals surface area contributed by atoms with Gasteiger partial charge in [0.05, 0.1) is 31.8 Å². The van der Waals surface area contributed by atoms with Crippen LogP contribution in [0.25, 0.3) is 11.1 Å². The van der Waals surface area contributed by atoms with Crippen molar-refractivity contribution in [2.75, 3.05) is 39.3 Å². The van der Waals surface area contributed by atoms with Gasteiger partial charge in [-0.1, -0.05) is 115 Å². The molecule has 0 aliphatic heterocycles. The van der Waals surface area contributed by atoms with E-state index in [1.807, 2.05) is 12.1 Å². The fraction of sp³-hybridized carbons (Fsp3) is 0.150. The van der Waals surface area contributed by atoms with Crippen LogP contribution in [0.5, 0.6) is 0 Å². The van der Waals surface area contributed by atoms with Crippen molar-refractivity contribution in [1.29, 1.82) is 0 Å². The van der Waals surface area contributed by atoms with E-state index in [4.69, 9.17) is 0 Å². The van der Waals surface area contributed by atoms with E-state index >= 15 is 0 Å². The first-order chi connectivity index (χ1) is 24.6. The molecule has 5 aromatic rings. The van der Waals surface area contributed by atoms with Gasteiger partial charge in [-0.25, -0.2) is 0 Å². The largest absolute Gasteiger partial charge is 3.00 e. The van der Waals surface area contributed by atoms with Crippen LogP contribution in [0, 0.1) is 0 Å². The normalized spacial score (nSPS) is 10.2. The molecule has 10 nitrogen and oxygen atoms in total. The molecule has 0 amide bonds. The molecule has 0 atom stereocenters. The summed E-state index contributed by atoms with van der Waals surface area (Å²) in [7, 11) is -0.877. The molecule has 0 aliphatic rings. The fourth-order valence-electron chi connectivity index (χ4n) is 5.02. The van der Waals surface area contributed by atoms with Crippen LogP contribution in [0.4, 0.5) is 0 Å². The molecule has 0 saturated heterocycles. The summed E-state index contributed by atoms with van der Waals surface area (Å²) in [6.45, 7) is -3.25. The third kappa shape index (κ3) is 16.7. The average Bonchev–Trinajstić information content (AvgIpc) is 3.12. The fourth-order valence-corrected chi connectivity index (χ4v) is 7.59. The number of carbonyl (C=O) groups is 4. The van der Waals surface area contributed by atoms with Crippen LogP contribution in [0.2, 0.25) is 0 Å². The van der Waals surface area contributed by atoms with Gasteiger partial charge in [0.15, 0.2) is 0 Å². The zero-order valence-electron chi connectivity index (χ0n) is 28.2. The molecule has 0 aliphatic carbocycles. The quantitative estimate of drug-likeness (QED) is 0.0966. The number of rotatable bonds is 15. The maximum atomic E-state index is 10.4. The van der Waals surface area contributed by atoms with E-state index in [1.165, 1.54) is 27.0 Å². The molecule has 5 rings (SSSR count). The molecule has 0 heterocycles. The minimum Gasteiger partial charge on any atom is -0.549 e. The number of nitrogens with zero attached hydrogens (tertiary/aromatic N) is 2. The minimum absolute atomic E-state index is 0. The number of carbonyl (C=O) groups excluding carboxylic acids is 4. The zero-order chi connectivity index (χ0) is 36.8. The molecular formula is C40H38FeN2O8P. The van der Waals surface area contributed by atoms with Gasteiger partial charge in [0, 0.05) is 39.3 Å². The summed E-state index contributed by atoms with van der Waals surface area (Å²) in [6, 6.07) is 53.3. The standard InChI is InChI=1S/C18H15P.C12H10.C10H16N2O8.Fe/c1-4-10-16(11-5-1)19(17-12-6-2-7-13-17)18-14-8-3-9-15-18;1-3-7-11(8-4-1)12-9-5-2-6-10-12;13-7(14)3-11(4-8(15)16)1-2-12(5-9(17)18)6-10(19)20;/h1-15H;1-10H;1-6H2,(H,13,14)(H,15,16)(H,17,18)(H,19,20);/q;;;+3/p-3. The van der Waals surface area contributed by atoms with E-state index in [9.17, 15) is 39.6 Å². The van der Waals surface area contributed by atoms with E-state index in [1.54, 1.807) is 0 Å². The van der Waals surface area contributed by atoms with Crippen LogP contribution in [-0.4, -0.2) is 72.9 Å². The van der Waals surface area contributed by atoms with Gasteiger partial charge in [-0.2, -0.15) is 0 Å². The zero-order valence-corrected chi connectivity index (χ0v) is 30.3. The Balaban J connectivity index is 0.000000275.